The molecule has 1 saturated carbocycles. The molecular weight excluding hydrogens is 254 g/mol. The molecule has 1 spiro atoms. The second-order valence-electron chi connectivity index (χ2n) is 6.14. The summed E-state index contributed by atoms with van der Waals surface area (Å²) in [5, 5.41) is 0. The Kier molecular flexibility index (Phi) is 4.17. The average molecular weight is 281 g/mol. The molecule has 3 atom stereocenters. The van der Waals surface area contributed by atoms with Crippen LogP contribution in [0.4, 0.5) is 0 Å². The summed E-state index contributed by atoms with van der Waals surface area (Å²) in [6.07, 6.45) is 7.08. The molecule has 0 aromatic carbocycles. The van der Waals surface area contributed by atoms with Crippen molar-refractivity contribution in [3.63, 3.8) is 0 Å². The predicted molar refractivity (Wildman–Crippen MR) is 78.8 cm³/mol. The summed E-state index contributed by atoms with van der Waals surface area (Å²) >= 11 is 0. The van der Waals surface area contributed by atoms with Gasteiger partial charge in [0.05, 0.1) is 12.1 Å². The van der Waals surface area contributed by atoms with E-state index in [1.54, 1.807) is 0 Å². The molecule has 5 nitrogen and oxygen atoms in total. The Morgan fingerprint density at radius 2 is 2.15 bits per heavy atom. The van der Waals surface area contributed by atoms with E-state index in [0.717, 1.165) is 45.6 Å². The van der Waals surface area contributed by atoms with Crippen molar-refractivity contribution >= 4 is 5.96 Å². The van der Waals surface area contributed by atoms with Crippen LogP contribution in [-0.2, 0) is 9.47 Å². The summed E-state index contributed by atoms with van der Waals surface area (Å²) in [5.74, 6) is 0.708. The molecular formula is C15H27N3O2. The number of hydrogen-bond acceptors (Lipinski definition) is 3. The number of hydrogen-bond donors (Lipinski definition) is 1. The molecule has 2 N–H and O–H groups in total. The van der Waals surface area contributed by atoms with Crippen LogP contribution >= 0.6 is 0 Å². The first-order valence-corrected chi connectivity index (χ1v) is 8.10. The number of aliphatic imine (C=N–C) groups is 1. The lowest BCUT2D eigenvalue weighted by Crippen LogP contribution is -2.64. The number of ether oxygens (including phenoxy) is 2. The molecule has 3 unspecified atom stereocenters. The van der Waals surface area contributed by atoms with Gasteiger partial charge in [-0.1, -0.05) is 0 Å². The van der Waals surface area contributed by atoms with Crippen LogP contribution in [0.2, 0.25) is 0 Å². The average Bonchev–Trinajstić information content (AvgIpc) is 2.99. The molecule has 2 aliphatic heterocycles. The summed E-state index contributed by atoms with van der Waals surface area (Å²) in [7, 11) is 0. The lowest BCUT2D eigenvalue weighted by molar-refractivity contribution is -0.189. The smallest absolute Gasteiger partial charge is 0.191 e. The zero-order chi connectivity index (χ0) is 14.0. The molecule has 0 amide bonds. The minimum Gasteiger partial charge on any atom is -0.375 e. The van der Waals surface area contributed by atoms with Crippen LogP contribution in [0.1, 0.15) is 45.4 Å². The molecule has 2 saturated heterocycles. The topological polar surface area (TPSA) is 60.1 Å². The Morgan fingerprint density at radius 3 is 2.80 bits per heavy atom. The van der Waals surface area contributed by atoms with E-state index in [1.807, 2.05) is 6.92 Å². The fourth-order valence-electron chi connectivity index (χ4n) is 3.79. The van der Waals surface area contributed by atoms with Crippen molar-refractivity contribution in [2.24, 2.45) is 10.7 Å². The second kappa shape index (κ2) is 5.90. The number of guanidine groups is 1. The standard InChI is InChI=1S/C15H27N3O2/c1-2-19-13-11-12(15(13)7-6-10-20-15)17-14(16)18-8-4-3-5-9-18/h12-13H,2-11H2,1H3,(H2,16,17). The van der Waals surface area contributed by atoms with E-state index < -0.39 is 0 Å². The zero-order valence-corrected chi connectivity index (χ0v) is 12.5. The maximum atomic E-state index is 6.21. The molecule has 3 fully saturated rings. The number of rotatable bonds is 3. The number of piperidine rings is 1. The highest BCUT2D eigenvalue weighted by atomic mass is 16.6. The number of nitrogens with zero attached hydrogens (tertiary/aromatic N) is 2. The van der Waals surface area contributed by atoms with Crippen LogP contribution in [0.25, 0.3) is 0 Å². The summed E-state index contributed by atoms with van der Waals surface area (Å²) in [6.45, 7) is 5.71. The van der Waals surface area contributed by atoms with Crippen LogP contribution in [0.15, 0.2) is 4.99 Å². The maximum Gasteiger partial charge on any atom is 0.191 e. The van der Waals surface area contributed by atoms with Gasteiger partial charge in [-0.05, 0) is 39.0 Å². The highest BCUT2D eigenvalue weighted by molar-refractivity contribution is 5.78. The highest BCUT2D eigenvalue weighted by Crippen LogP contribution is 2.47. The fraction of sp³-hybridized carbons (Fsp3) is 0.933. The van der Waals surface area contributed by atoms with Gasteiger partial charge in [-0.3, -0.25) is 0 Å². The predicted octanol–water partition coefficient (Wildman–Crippen LogP) is 1.51. The minimum absolute atomic E-state index is 0.184. The molecule has 2 heterocycles. The third kappa shape index (κ3) is 2.42. The van der Waals surface area contributed by atoms with Crippen molar-refractivity contribution in [1.82, 2.24) is 4.90 Å². The Labute approximate surface area is 121 Å². The van der Waals surface area contributed by atoms with Gasteiger partial charge >= 0.3 is 0 Å². The van der Waals surface area contributed by atoms with Crippen molar-refractivity contribution in [1.29, 1.82) is 0 Å². The first-order valence-electron chi connectivity index (χ1n) is 8.10. The fourth-order valence-corrected chi connectivity index (χ4v) is 3.79. The SMILES string of the molecule is CCOC1CC(N=C(N)N2CCCCC2)C12CCCO2. The summed E-state index contributed by atoms with van der Waals surface area (Å²) in [4.78, 5) is 7.01. The molecule has 20 heavy (non-hydrogen) atoms. The van der Waals surface area contributed by atoms with Crippen molar-refractivity contribution in [2.45, 2.75) is 63.2 Å². The van der Waals surface area contributed by atoms with Crippen molar-refractivity contribution in [3.05, 3.63) is 0 Å². The van der Waals surface area contributed by atoms with Crippen molar-refractivity contribution < 1.29 is 9.47 Å². The molecule has 0 aromatic rings. The molecule has 114 valence electrons. The van der Waals surface area contributed by atoms with Crippen LogP contribution in [-0.4, -0.2) is 54.9 Å². The largest absolute Gasteiger partial charge is 0.375 e. The molecule has 0 aromatic heterocycles. The lowest BCUT2D eigenvalue weighted by Gasteiger charge is -2.50. The summed E-state index contributed by atoms with van der Waals surface area (Å²) in [5.41, 5.74) is 6.02. The van der Waals surface area contributed by atoms with E-state index in [4.69, 9.17) is 20.2 Å². The monoisotopic (exact) mass is 281 g/mol. The molecule has 0 radical (unpaired) electrons. The Balaban J connectivity index is 1.67. The lowest BCUT2D eigenvalue weighted by atomic mass is 9.70. The van der Waals surface area contributed by atoms with Crippen LogP contribution in [0.3, 0.4) is 0 Å². The first-order chi connectivity index (χ1) is 9.76. The molecule has 1 aliphatic carbocycles. The summed E-state index contributed by atoms with van der Waals surface area (Å²) < 4.78 is 11.9. The molecule has 3 aliphatic rings. The highest BCUT2D eigenvalue weighted by Gasteiger charge is 2.59. The van der Waals surface area contributed by atoms with Gasteiger partial charge in [0.15, 0.2) is 5.96 Å². The molecule has 5 heteroatoms. The Bertz CT molecular complexity index is 360. The quantitative estimate of drug-likeness (QED) is 0.629. The minimum atomic E-state index is -0.184. The van der Waals surface area contributed by atoms with Crippen LogP contribution in [0, 0.1) is 0 Å². The molecule has 0 bridgehead atoms. The van der Waals surface area contributed by atoms with Gasteiger partial charge in [0.2, 0.25) is 0 Å². The van der Waals surface area contributed by atoms with Gasteiger partial charge in [0.25, 0.3) is 0 Å². The summed E-state index contributed by atoms with van der Waals surface area (Å²) in [6, 6.07) is 0.184. The van der Waals surface area contributed by atoms with Crippen LogP contribution in [0.5, 0.6) is 0 Å². The van der Waals surface area contributed by atoms with E-state index in [0.29, 0.717) is 5.96 Å². The normalized spacial score (nSPS) is 38.2. The van der Waals surface area contributed by atoms with Gasteiger partial charge in [-0.15, -0.1) is 0 Å². The first kappa shape index (κ1) is 14.1. The van der Waals surface area contributed by atoms with Crippen LogP contribution < -0.4 is 5.73 Å². The van der Waals surface area contributed by atoms with Gasteiger partial charge in [0, 0.05) is 32.7 Å². The van der Waals surface area contributed by atoms with E-state index in [-0.39, 0.29) is 17.7 Å². The van der Waals surface area contributed by atoms with Gasteiger partial charge in [-0.2, -0.15) is 0 Å². The number of likely N-dealkylation sites (tertiary alicyclic amines) is 1. The Hall–Kier alpha value is -0.810. The third-order valence-corrected chi connectivity index (χ3v) is 4.97. The molecule has 3 rings (SSSR count). The van der Waals surface area contributed by atoms with Gasteiger partial charge in [-0.25, -0.2) is 4.99 Å². The maximum absolute atomic E-state index is 6.21. The third-order valence-electron chi connectivity index (χ3n) is 4.97. The van der Waals surface area contributed by atoms with E-state index in [2.05, 4.69) is 4.90 Å². The van der Waals surface area contributed by atoms with E-state index in [9.17, 15) is 0 Å². The second-order valence-corrected chi connectivity index (χ2v) is 6.14. The van der Waals surface area contributed by atoms with Crippen molar-refractivity contribution in [2.75, 3.05) is 26.3 Å². The zero-order valence-electron chi connectivity index (χ0n) is 12.5. The van der Waals surface area contributed by atoms with E-state index in [1.165, 1.54) is 19.3 Å². The van der Waals surface area contributed by atoms with E-state index >= 15 is 0 Å². The van der Waals surface area contributed by atoms with Crippen molar-refractivity contribution in [3.8, 4) is 0 Å². The number of nitrogens with two attached hydrogens (primary N) is 1. The Morgan fingerprint density at radius 1 is 1.35 bits per heavy atom. The van der Waals surface area contributed by atoms with Gasteiger partial charge < -0.3 is 20.1 Å². The van der Waals surface area contributed by atoms with Gasteiger partial charge in [0.1, 0.15) is 5.60 Å².